The third kappa shape index (κ3) is 3.63. The van der Waals surface area contributed by atoms with Crippen LogP contribution in [0.5, 0.6) is 0 Å². The lowest BCUT2D eigenvalue weighted by Gasteiger charge is -2.28. The van der Waals surface area contributed by atoms with Crippen LogP contribution in [0, 0.1) is 17.8 Å². The maximum absolute atomic E-state index is 11.9. The van der Waals surface area contributed by atoms with E-state index in [1.807, 2.05) is 6.92 Å². The second-order valence-corrected chi connectivity index (χ2v) is 5.30. The molecule has 106 valence electrons. The van der Waals surface area contributed by atoms with Crippen molar-refractivity contribution in [3.8, 4) is 12.3 Å². The molecule has 0 spiro atoms. The number of aliphatic carboxylic acids is 1. The summed E-state index contributed by atoms with van der Waals surface area (Å²) in [5.41, 5.74) is -0.870. The minimum atomic E-state index is -0.870. The highest BCUT2D eigenvalue weighted by atomic mass is 16.4. The molecule has 0 heterocycles. The van der Waals surface area contributed by atoms with Crippen molar-refractivity contribution in [1.82, 2.24) is 10.6 Å². The number of carbonyl (C=O) groups excluding carboxylic acids is 1. The third-order valence-corrected chi connectivity index (χ3v) is 3.94. The minimum Gasteiger partial charge on any atom is -0.481 e. The lowest BCUT2D eigenvalue weighted by Crippen LogP contribution is -2.52. The van der Waals surface area contributed by atoms with Gasteiger partial charge in [0.1, 0.15) is 0 Å². The zero-order valence-corrected chi connectivity index (χ0v) is 11.5. The summed E-state index contributed by atoms with van der Waals surface area (Å²) < 4.78 is 0. The lowest BCUT2D eigenvalue weighted by atomic mass is 9.85. The first-order valence-electron chi connectivity index (χ1n) is 6.68. The van der Waals surface area contributed by atoms with Crippen LogP contribution >= 0.6 is 0 Å². The summed E-state index contributed by atoms with van der Waals surface area (Å²) in [6.07, 6.45) is 8.56. The molecule has 5 nitrogen and oxygen atoms in total. The van der Waals surface area contributed by atoms with Crippen molar-refractivity contribution in [3.63, 3.8) is 0 Å². The first-order chi connectivity index (χ1) is 8.93. The van der Waals surface area contributed by atoms with Crippen LogP contribution in [0.15, 0.2) is 0 Å². The standard InChI is InChI=1S/C14H22N2O3/c1-4-7-10(5-2)15-13(19)16-11-8-6-9-14(11,3)12(17)18/h1,10-11H,5-9H2,2-3H3,(H,17,18)(H2,15,16,19). The number of hydrogen-bond acceptors (Lipinski definition) is 2. The van der Waals surface area contributed by atoms with E-state index in [2.05, 4.69) is 16.6 Å². The minimum absolute atomic E-state index is 0.0671. The van der Waals surface area contributed by atoms with Crippen LogP contribution < -0.4 is 10.6 Å². The van der Waals surface area contributed by atoms with Gasteiger partial charge in [0.25, 0.3) is 0 Å². The Morgan fingerprint density at radius 2 is 2.26 bits per heavy atom. The molecule has 1 aliphatic rings. The van der Waals surface area contributed by atoms with Crippen LogP contribution in [0.4, 0.5) is 4.79 Å². The molecule has 1 fully saturated rings. The number of terminal acetylenes is 1. The number of carboxylic acid groups (broad SMARTS) is 1. The molecule has 0 saturated heterocycles. The highest BCUT2D eigenvalue weighted by Gasteiger charge is 2.45. The first kappa shape index (κ1) is 15.4. The van der Waals surface area contributed by atoms with E-state index in [0.29, 0.717) is 19.3 Å². The van der Waals surface area contributed by atoms with Gasteiger partial charge in [-0.25, -0.2) is 4.79 Å². The molecule has 0 aromatic carbocycles. The molecule has 0 aromatic rings. The smallest absolute Gasteiger partial charge is 0.315 e. The van der Waals surface area contributed by atoms with E-state index in [9.17, 15) is 14.7 Å². The zero-order chi connectivity index (χ0) is 14.5. The van der Waals surface area contributed by atoms with Crippen molar-refractivity contribution < 1.29 is 14.7 Å². The van der Waals surface area contributed by atoms with Crippen molar-refractivity contribution in [2.45, 2.75) is 58.0 Å². The second kappa shape index (κ2) is 6.46. The van der Waals surface area contributed by atoms with Gasteiger partial charge >= 0.3 is 12.0 Å². The number of carboxylic acids is 1. The summed E-state index contributed by atoms with van der Waals surface area (Å²) in [6, 6.07) is -0.725. The molecule has 1 aliphatic carbocycles. The van der Waals surface area contributed by atoms with Gasteiger partial charge in [-0.1, -0.05) is 13.3 Å². The van der Waals surface area contributed by atoms with E-state index in [0.717, 1.165) is 12.8 Å². The molecule has 3 atom stereocenters. The van der Waals surface area contributed by atoms with Gasteiger partial charge in [0.15, 0.2) is 0 Å². The fourth-order valence-corrected chi connectivity index (χ4v) is 2.48. The highest BCUT2D eigenvalue weighted by molar-refractivity contribution is 5.79. The number of hydrogen-bond donors (Lipinski definition) is 3. The summed E-state index contributed by atoms with van der Waals surface area (Å²) in [6.45, 7) is 3.63. The van der Waals surface area contributed by atoms with Crippen molar-refractivity contribution in [2.75, 3.05) is 0 Å². The second-order valence-electron chi connectivity index (χ2n) is 5.30. The van der Waals surface area contributed by atoms with Crippen molar-refractivity contribution in [1.29, 1.82) is 0 Å². The number of urea groups is 1. The predicted octanol–water partition coefficient (Wildman–Crippen LogP) is 1.73. The largest absolute Gasteiger partial charge is 0.481 e. The van der Waals surface area contributed by atoms with Crippen molar-refractivity contribution in [3.05, 3.63) is 0 Å². The maximum Gasteiger partial charge on any atom is 0.315 e. The molecule has 3 unspecified atom stereocenters. The fraction of sp³-hybridized carbons (Fsp3) is 0.714. The van der Waals surface area contributed by atoms with Crippen LogP contribution in [0.1, 0.15) is 46.0 Å². The molecule has 0 aliphatic heterocycles. The molecule has 0 aromatic heterocycles. The van der Waals surface area contributed by atoms with Crippen LogP contribution in [0.25, 0.3) is 0 Å². The fourth-order valence-electron chi connectivity index (χ4n) is 2.48. The summed E-state index contributed by atoms with van der Waals surface area (Å²) in [5, 5.41) is 14.8. The summed E-state index contributed by atoms with van der Waals surface area (Å²) in [4.78, 5) is 23.2. The quantitative estimate of drug-likeness (QED) is 0.663. The average molecular weight is 266 g/mol. The van der Waals surface area contributed by atoms with Gasteiger partial charge in [-0.2, -0.15) is 0 Å². The van der Waals surface area contributed by atoms with Gasteiger partial charge in [-0.05, 0) is 26.2 Å². The van der Waals surface area contributed by atoms with Crippen LogP contribution in [0.2, 0.25) is 0 Å². The van der Waals surface area contributed by atoms with E-state index >= 15 is 0 Å². The van der Waals surface area contributed by atoms with Gasteiger partial charge in [0.05, 0.1) is 5.41 Å². The van der Waals surface area contributed by atoms with Crippen molar-refractivity contribution in [2.24, 2.45) is 5.41 Å². The number of rotatable bonds is 5. The van der Waals surface area contributed by atoms with E-state index in [1.165, 1.54) is 0 Å². The van der Waals surface area contributed by atoms with E-state index in [-0.39, 0.29) is 18.1 Å². The number of amides is 2. The van der Waals surface area contributed by atoms with E-state index in [1.54, 1.807) is 6.92 Å². The SMILES string of the molecule is C#CCC(CC)NC(=O)NC1CCCC1(C)C(=O)O. The Morgan fingerprint density at radius 3 is 2.79 bits per heavy atom. The third-order valence-electron chi connectivity index (χ3n) is 3.94. The maximum atomic E-state index is 11.9. The predicted molar refractivity (Wildman–Crippen MR) is 72.6 cm³/mol. The Bertz CT molecular complexity index is 389. The van der Waals surface area contributed by atoms with Crippen LogP contribution in [0.3, 0.4) is 0 Å². The van der Waals surface area contributed by atoms with Gasteiger partial charge in [0.2, 0.25) is 0 Å². The molecule has 2 amide bonds. The topological polar surface area (TPSA) is 78.4 Å². The Labute approximate surface area is 114 Å². The van der Waals surface area contributed by atoms with Crippen LogP contribution in [-0.2, 0) is 4.79 Å². The number of nitrogens with one attached hydrogen (secondary N) is 2. The monoisotopic (exact) mass is 266 g/mol. The average Bonchev–Trinajstić information content (AvgIpc) is 2.71. The molecule has 1 saturated carbocycles. The van der Waals surface area contributed by atoms with E-state index < -0.39 is 11.4 Å². The van der Waals surface area contributed by atoms with Crippen molar-refractivity contribution >= 4 is 12.0 Å². The highest BCUT2D eigenvalue weighted by Crippen LogP contribution is 2.38. The first-order valence-corrected chi connectivity index (χ1v) is 6.68. The Balaban J connectivity index is 2.57. The molecular weight excluding hydrogens is 244 g/mol. The normalized spacial score (nSPS) is 27.3. The lowest BCUT2D eigenvalue weighted by molar-refractivity contribution is -0.148. The summed E-state index contributed by atoms with van der Waals surface area (Å²) in [5.74, 6) is 1.66. The van der Waals surface area contributed by atoms with Crippen LogP contribution in [-0.4, -0.2) is 29.2 Å². The molecule has 5 heteroatoms. The van der Waals surface area contributed by atoms with Gasteiger partial charge in [0, 0.05) is 18.5 Å². The molecule has 1 rings (SSSR count). The summed E-state index contributed by atoms with van der Waals surface area (Å²) in [7, 11) is 0. The van der Waals surface area contributed by atoms with Gasteiger partial charge < -0.3 is 15.7 Å². The Hall–Kier alpha value is -1.70. The molecule has 3 N–H and O–H groups in total. The Kier molecular flexibility index (Phi) is 5.22. The molecule has 19 heavy (non-hydrogen) atoms. The molecule has 0 radical (unpaired) electrons. The summed E-state index contributed by atoms with van der Waals surface area (Å²) >= 11 is 0. The van der Waals surface area contributed by atoms with E-state index in [4.69, 9.17) is 6.42 Å². The molecular formula is C14H22N2O3. The van der Waals surface area contributed by atoms with Gasteiger partial charge in [-0.15, -0.1) is 12.3 Å². The Morgan fingerprint density at radius 1 is 1.58 bits per heavy atom. The zero-order valence-electron chi connectivity index (χ0n) is 11.5. The van der Waals surface area contributed by atoms with Gasteiger partial charge in [-0.3, -0.25) is 4.79 Å². The number of carbonyl (C=O) groups is 2. The molecule has 0 bridgehead atoms.